The fraction of sp³-hybridized carbons (Fsp3) is 0.333. The van der Waals surface area contributed by atoms with Crippen molar-refractivity contribution in [2.75, 3.05) is 19.0 Å². The number of aromatic nitrogens is 2. The molecule has 1 aromatic carbocycles. The molecule has 6 heteroatoms. The lowest BCUT2D eigenvalue weighted by Gasteiger charge is -2.17. The molecule has 0 bridgehead atoms. The summed E-state index contributed by atoms with van der Waals surface area (Å²) in [5, 5.41) is 6.93. The van der Waals surface area contributed by atoms with Gasteiger partial charge in [-0.3, -0.25) is 4.68 Å². The van der Waals surface area contributed by atoms with Gasteiger partial charge in [-0.1, -0.05) is 6.07 Å². The van der Waals surface area contributed by atoms with Crippen molar-refractivity contribution in [3.8, 4) is 5.75 Å². The van der Waals surface area contributed by atoms with Gasteiger partial charge >= 0.3 is 6.03 Å². The summed E-state index contributed by atoms with van der Waals surface area (Å²) in [6, 6.07) is 7.17. The summed E-state index contributed by atoms with van der Waals surface area (Å²) in [5.41, 5.74) is 1.70. The molecule has 0 unspecified atom stereocenters. The highest BCUT2D eigenvalue weighted by Crippen LogP contribution is 2.17. The molecule has 2 aromatic rings. The fourth-order valence-corrected chi connectivity index (χ4v) is 1.95. The number of hydrogen-bond acceptors (Lipinski definition) is 3. The largest absolute Gasteiger partial charge is 0.494 e. The molecule has 1 heterocycles. The second-order valence-corrected chi connectivity index (χ2v) is 4.77. The summed E-state index contributed by atoms with van der Waals surface area (Å²) in [6.07, 6.45) is 3.64. The van der Waals surface area contributed by atoms with Crippen molar-refractivity contribution in [1.29, 1.82) is 0 Å². The van der Waals surface area contributed by atoms with Crippen LogP contribution in [0.2, 0.25) is 0 Å². The van der Waals surface area contributed by atoms with Crippen molar-refractivity contribution in [2.24, 2.45) is 7.05 Å². The summed E-state index contributed by atoms with van der Waals surface area (Å²) in [4.78, 5) is 13.7. The van der Waals surface area contributed by atoms with Crippen molar-refractivity contribution in [3.05, 3.63) is 42.2 Å². The number of rotatable bonds is 5. The maximum Gasteiger partial charge on any atom is 0.321 e. The molecule has 0 saturated heterocycles. The third-order valence-corrected chi connectivity index (χ3v) is 2.92. The van der Waals surface area contributed by atoms with Gasteiger partial charge in [-0.05, 0) is 19.1 Å². The van der Waals surface area contributed by atoms with Crippen molar-refractivity contribution >= 4 is 11.7 Å². The molecule has 0 atom stereocenters. The Hall–Kier alpha value is -2.50. The van der Waals surface area contributed by atoms with Gasteiger partial charge in [-0.15, -0.1) is 0 Å². The Balaban J connectivity index is 1.95. The molecule has 2 amide bonds. The van der Waals surface area contributed by atoms with Crippen LogP contribution in [0.1, 0.15) is 12.5 Å². The first kappa shape index (κ1) is 14.9. The maximum absolute atomic E-state index is 12.1. The number of amides is 2. The van der Waals surface area contributed by atoms with Gasteiger partial charge in [0, 0.05) is 37.6 Å². The zero-order valence-electron chi connectivity index (χ0n) is 12.5. The standard InChI is InChI=1S/C15H20N4O2/c1-4-21-14-7-5-6-13(8-14)17-15(20)18(2)10-12-9-16-19(3)11-12/h5-9,11H,4,10H2,1-3H3,(H,17,20). The normalized spacial score (nSPS) is 10.2. The first-order valence-electron chi connectivity index (χ1n) is 6.81. The van der Waals surface area contributed by atoms with Crippen LogP contribution in [0.25, 0.3) is 0 Å². The van der Waals surface area contributed by atoms with Crippen LogP contribution in [0.4, 0.5) is 10.5 Å². The highest BCUT2D eigenvalue weighted by Gasteiger charge is 2.10. The van der Waals surface area contributed by atoms with E-state index in [0.29, 0.717) is 18.8 Å². The molecule has 112 valence electrons. The van der Waals surface area contributed by atoms with Gasteiger partial charge in [0.2, 0.25) is 0 Å². The van der Waals surface area contributed by atoms with Crippen LogP contribution in [0.15, 0.2) is 36.7 Å². The lowest BCUT2D eigenvalue weighted by atomic mass is 10.3. The molecule has 0 aliphatic rings. The van der Waals surface area contributed by atoms with Crippen LogP contribution >= 0.6 is 0 Å². The molecule has 0 saturated carbocycles. The van der Waals surface area contributed by atoms with Crippen LogP contribution in [0.3, 0.4) is 0 Å². The number of aryl methyl sites for hydroxylation is 1. The van der Waals surface area contributed by atoms with Crippen LogP contribution in [0, 0.1) is 0 Å². The van der Waals surface area contributed by atoms with Gasteiger partial charge in [-0.25, -0.2) is 4.79 Å². The van der Waals surface area contributed by atoms with Crippen molar-refractivity contribution < 1.29 is 9.53 Å². The molecule has 21 heavy (non-hydrogen) atoms. The molecule has 0 aliphatic heterocycles. The Morgan fingerprint density at radius 1 is 1.48 bits per heavy atom. The number of anilines is 1. The number of carbonyl (C=O) groups excluding carboxylic acids is 1. The lowest BCUT2D eigenvalue weighted by Crippen LogP contribution is -2.30. The Morgan fingerprint density at radius 3 is 2.95 bits per heavy atom. The van der Waals surface area contributed by atoms with Crippen LogP contribution < -0.4 is 10.1 Å². The topological polar surface area (TPSA) is 59.4 Å². The number of benzene rings is 1. The minimum Gasteiger partial charge on any atom is -0.494 e. The SMILES string of the molecule is CCOc1cccc(NC(=O)N(C)Cc2cnn(C)c2)c1. The van der Waals surface area contributed by atoms with Gasteiger partial charge in [-0.2, -0.15) is 5.10 Å². The number of nitrogens with one attached hydrogen (secondary N) is 1. The minimum atomic E-state index is -0.174. The molecule has 1 N–H and O–H groups in total. The fourth-order valence-electron chi connectivity index (χ4n) is 1.95. The Morgan fingerprint density at radius 2 is 2.29 bits per heavy atom. The van der Waals surface area contributed by atoms with E-state index in [4.69, 9.17) is 4.74 Å². The van der Waals surface area contributed by atoms with E-state index >= 15 is 0 Å². The molecule has 0 radical (unpaired) electrons. The molecule has 2 rings (SSSR count). The van der Waals surface area contributed by atoms with Crippen LogP contribution in [-0.2, 0) is 13.6 Å². The number of urea groups is 1. The number of nitrogens with zero attached hydrogens (tertiary/aromatic N) is 3. The first-order chi connectivity index (χ1) is 10.1. The predicted molar refractivity (Wildman–Crippen MR) is 81.3 cm³/mol. The lowest BCUT2D eigenvalue weighted by molar-refractivity contribution is 0.220. The molecule has 6 nitrogen and oxygen atoms in total. The van der Waals surface area contributed by atoms with Crippen molar-refractivity contribution in [3.63, 3.8) is 0 Å². The van der Waals surface area contributed by atoms with Crippen molar-refractivity contribution in [2.45, 2.75) is 13.5 Å². The van der Waals surface area contributed by atoms with E-state index in [1.807, 2.05) is 38.4 Å². The highest BCUT2D eigenvalue weighted by atomic mass is 16.5. The Labute approximate surface area is 124 Å². The third kappa shape index (κ3) is 4.24. The first-order valence-corrected chi connectivity index (χ1v) is 6.81. The van der Waals surface area contributed by atoms with E-state index in [0.717, 1.165) is 11.3 Å². The van der Waals surface area contributed by atoms with Gasteiger partial charge in [0.15, 0.2) is 0 Å². The Bertz CT molecular complexity index is 609. The Kier molecular flexibility index (Phi) is 4.81. The number of ether oxygens (including phenoxy) is 1. The predicted octanol–water partition coefficient (Wildman–Crippen LogP) is 2.48. The highest BCUT2D eigenvalue weighted by molar-refractivity contribution is 5.89. The molecule has 1 aromatic heterocycles. The molecule has 0 aliphatic carbocycles. The number of carbonyl (C=O) groups is 1. The quantitative estimate of drug-likeness (QED) is 0.919. The van der Waals surface area contributed by atoms with Crippen LogP contribution in [-0.4, -0.2) is 34.4 Å². The molecular formula is C15H20N4O2. The summed E-state index contributed by atoms with van der Waals surface area (Å²) in [6.45, 7) is 3.02. The average Bonchev–Trinajstić information content (AvgIpc) is 2.85. The molecule has 0 spiro atoms. The van der Waals surface area contributed by atoms with E-state index in [1.165, 1.54) is 0 Å². The molecule has 0 fully saturated rings. The minimum absolute atomic E-state index is 0.174. The monoisotopic (exact) mass is 288 g/mol. The summed E-state index contributed by atoms with van der Waals surface area (Å²) >= 11 is 0. The maximum atomic E-state index is 12.1. The second-order valence-electron chi connectivity index (χ2n) is 4.77. The van der Waals surface area contributed by atoms with E-state index in [1.54, 1.807) is 28.9 Å². The van der Waals surface area contributed by atoms with Crippen molar-refractivity contribution in [1.82, 2.24) is 14.7 Å². The van der Waals surface area contributed by atoms with E-state index in [2.05, 4.69) is 10.4 Å². The summed E-state index contributed by atoms with van der Waals surface area (Å²) < 4.78 is 7.13. The zero-order chi connectivity index (χ0) is 15.2. The van der Waals surface area contributed by atoms with Gasteiger partial charge in [0.25, 0.3) is 0 Å². The smallest absolute Gasteiger partial charge is 0.321 e. The van der Waals surface area contributed by atoms with Crippen LogP contribution in [0.5, 0.6) is 5.75 Å². The summed E-state index contributed by atoms with van der Waals surface area (Å²) in [5.74, 6) is 0.741. The second kappa shape index (κ2) is 6.78. The van der Waals surface area contributed by atoms with Gasteiger partial charge in [0.1, 0.15) is 5.75 Å². The van der Waals surface area contributed by atoms with E-state index < -0.39 is 0 Å². The summed E-state index contributed by atoms with van der Waals surface area (Å²) in [7, 11) is 3.59. The van der Waals surface area contributed by atoms with E-state index in [-0.39, 0.29) is 6.03 Å². The van der Waals surface area contributed by atoms with Gasteiger partial charge in [0.05, 0.1) is 19.3 Å². The third-order valence-electron chi connectivity index (χ3n) is 2.92. The number of hydrogen-bond donors (Lipinski definition) is 1. The molecular weight excluding hydrogens is 268 g/mol. The van der Waals surface area contributed by atoms with E-state index in [9.17, 15) is 4.79 Å². The zero-order valence-corrected chi connectivity index (χ0v) is 12.5. The average molecular weight is 288 g/mol. The van der Waals surface area contributed by atoms with Gasteiger partial charge < -0.3 is 15.0 Å².